The summed E-state index contributed by atoms with van der Waals surface area (Å²) in [5.41, 5.74) is 0. The van der Waals surface area contributed by atoms with Gasteiger partial charge in [0, 0.05) is 12.1 Å². The Morgan fingerprint density at radius 1 is 1.31 bits per heavy atom. The molecule has 0 aliphatic rings. The molecule has 4 nitrogen and oxygen atoms in total. The molecule has 96 valence electrons. The van der Waals surface area contributed by atoms with Gasteiger partial charge in [0.1, 0.15) is 6.10 Å². The minimum atomic E-state index is -0.950. The predicted octanol–water partition coefficient (Wildman–Crippen LogP) is 1.04. The van der Waals surface area contributed by atoms with Crippen molar-refractivity contribution in [3.05, 3.63) is 0 Å². The number of carbonyl (C=O) groups is 1. The fraction of sp³-hybridized carbons (Fsp3) is 0.917. The molecule has 0 aromatic rings. The van der Waals surface area contributed by atoms with Gasteiger partial charge in [-0.15, -0.1) is 0 Å². The van der Waals surface area contributed by atoms with Crippen LogP contribution in [0.15, 0.2) is 0 Å². The van der Waals surface area contributed by atoms with Gasteiger partial charge in [-0.1, -0.05) is 27.2 Å². The third kappa shape index (κ3) is 5.47. The first-order chi connectivity index (χ1) is 7.56. The maximum absolute atomic E-state index is 11.7. The Labute approximate surface area is 98.8 Å². The lowest BCUT2D eigenvalue weighted by Gasteiger charge is -2.24. The Hall–Kier alpha value is -0.610. The van der Waals surface area contributed by atoms with Crippen molar-refractivity contribution in [2.24, 2.45) is 0 Å². The molecule has 1 amide bonds. The molecule has 16 heavy (non-hydrogen) atoms. The maximum Gasteiger partial charge on any atom is 0.250 e. The summed E-state index contributed by atoms with van der Waals surface area (Å²) >= 11 is 0. The molecule has 0 spiro atoms. The van der Waals surface area contributed by atoms with E-state index in [0.717, 1.165) is 25.8 Å². The van der Waals surface area contributed by atoms with Crippen molar-refractivity contribution in [2.45, 2.75) is 65.1 Å². The van der Waals surface area contributed by atoms with E-state index in [1.807, 2.05) is 27.7 Å². The van der Waals surface area contributed by atoms with Gasteiger partial charge in [0.15, 0.2) is 0 Å². The SMILES string of the molecule is CCCC(NCC)C(O)C(=O)NC(C)CC. The molecule has 0 bridgehead atoms. The number of likely N-dealkylation sites (N-methyl/N-ethyl adjacent to an activating group) is 1. The lowest BCUT2D eigenvalue weighted by molar-refractivity contribution is -0.131. The molecule has 3 unspecified atom stereocenters. The molecule has 0 fully saturated rings. The molecule has 3 N–H and O–H groups in total. The number of hydrogen-bond acceptors (Lipinski definition) is 3. The quantitative estimate of drug-likeness (QED) is 0.584. The fourth-order valence-corrected chi connectivity index (χ4v) is 1.56. The Morgan fingerprint density at radius 2 is 1.94 bits per heavy atom. The van der Waals surface area contributed by atoms with Crippen LogP contribution in [0, 0.1) is 0 Å². The van der Waals surface area contributed by atoms with Crippen LogP contribution >= 0.6 is 0 Å². The summed E-state index contributed by atoms with van der Waals surface area (Å²) in [5.74, 6) is -0.270. The third-order valence-corrected chi connectivity index (χ3v) is 2.72. The molecule has 0 aliphatic carbocycles. The number of hydrogen-bond donors (Lipinski definition) is 3. The Bertz CT molecular complexity index is 191. The van der Waals surface area contributed by atoms with Gasteiger partial charge in [0.05, 0.1) is 0 Å². The second-order valence-corrected chi connectivity index (χ2v) is 4.22. The number of rotatable bonds is 8. The second-order valence-electron chi connectivity index (χ2n) is 4.22. The minimum Gasteiger partial charge on any atom is -0.382 e. The van der Waals surface area contributed by atoms with Gasteiger partial charge in [0.25, 0.3) is 5.91 Å². The summed E-state index contributed by atoms with van der Waals surface area (Å²) in [6.45, 7) is 8.72. The highest BCUT2D eigenvalue weighted by Crippen LogP contribution is 2.03. The zero-order chi connectivity index (χ0) is 12.6. The Morgan fingerprint density at radius 3 is 2.38 bits per heavy atom. The van der Waals surface area contributed by atoms with E-state index >= 15 is 0 Å². The molecule has 0 aromatic carbocycles. The van der Waals surface area contributed by atoms with Gasteiger partial charge in [-0.3, -0.25) is 4.79 Å². The Kier molecular flexibility index (Phi) is 8.21. The number of aliphatic hydroxyl groups is 1. The highest BCUT2D eigenvalue weighted by atomic mass is 16.3. The van der Waals surface area contributed by atoms with E-state index in [0.29, 0.717) is 0 Å². The lowest BCUT2D eigenvalue weighted by atomic mass is 10.0. The first-order valence-corrected chi connectivity index (χ1v) is 6.28. The van der Waals surface area contributed by atoms with Crippen LogP contribution in [-0.2, 0) is 4.79 Å². The fourth-order valence-electron chi connectivity index (χ4n) is 1.56. The summed E-state index contributed by atoms with van der Waals surface area (Å²) in [7, 11) is 0. The van der Waals surface area contributed by atoms with Crippen molar-refractivity contribution in [1.29, 1.82) is 0 Å². The average Bonchev–Trinajstić information content (AvgIpc) is 2.27. The normalized spacial score (nSPS) is 16.6. The van der Waals surface area contributed by atoms with Gasteiger partial charge < -0.3 is 15.7 Å². The topological polar surface area (TPSA) is 61.4 Å². The molecule has 0 saturated heterocycles. The number of amides is 1. The van der Waals surface area contributed by atoms with Crippen LogP contribution in [0.5, 0.6) is 0 Å². The standard InChI is InChI=1S/C12H26N2O2/c1-5-8-10(13-7-3)11(15)12(16)14-9(4)6-2/h9-11,13,15H,5-8H2,1-4H3,(H,14,16). The second kappa shape index (κ2) is 8.53. The molecule has 0 aromatic heterocycles. The van der Waals surface area contributed by atoms with Crippen LogP contribution in [0.25, 0.3) is 0 Å². The van der Waals surface area contributed by atoms with Gasteiger partial charge in [-0.25, -0.2) is 0 Å². The Balaban J connectivity index is 4.24. The van der Waals surface area contributed by atoms with Crippen molar-refractivity contribution in [2.75, 3.05) is 6.54 Å². The third-order valence-electron chi connectivity index (χ3n) is 2.72. The molecule has 0 aliphatic heterocycles. The van der Waals surface area contributed by atoms with E-state index in [1.54, 1.807) is 0 Å². The van der Waals surface area contributed by atoms with E-state index in [2.05, 4.69) is 10.6 Å². The van der Waals surface area contributed by atoms with Crippen LogP contribution in [0.2, 0.25) is 0 Å². The first kappa shape index (κ1) is 15.4. The summed E-state index contributed by atoms with van der Waals surface area (Å²) in [6, 6.07) is -0.0230. The minimum absolute atomic E-state index is 0.117. The molecular weight excluding hydrogens is 204 g/mol. The van der Waals surface area contributed by atoms with Gasteiger partial charge in [-0.2, -0.15) is 0 Å². The number of aliphatic hydroxyl groups excluding tert-OH is 1. The van der Waals surface area contributed by atoms with Crippen molar-refractivity contribution in [3.8, 4) is 0 Å². The molecule has 3 atom stereocenters. The van der Waals surface area contributed by atoms with Gasteiger partial charge in [-0.05, 0) is 26.3 Å². The highest BCUT2D eigenvalue weighted by molar-refractivity contribution is 5.81. The summed E-state index contributed by atoms with van der Waals surface area (Å²) < 4.78 is 0. The number of carbonyl (C=O) groups excluding carboxylic acids is 1. The van der Waals surface area contributed by atoms with Crippen LogP contribution in [0.4, 0.5) is 0 Å². The zero-order valence-electron chi connectivity index (χ0n) is 10.9. The molecule has 0 saturated carbocycles. The van der Waals surface area contributed by atoms with E-state index < -0.39 is 6.10 Å². The molecule has 0 radical (unpaired) electrons. The summed E-state index contributed by atoms with van der Waals surface area (Å²) in [5, 5.41) is 15.9. The van der Waals surface area contributed by atoms with Crippen molar-refractivity contribution in [3.63, 3.8) is 0 Å². The zero-order valence-corrected chi connectivity index (χ0v) is 10.9. The van der Waals surface area contributed by atoms with Crippen LogP contribution in [-0.4, -0.2) is 35.7 Å². The van der Waals surface area contributed by atoms with Crippen LogP contribution < -0.4 is 10.6 Å². The van der Waals surface area contributed by atoms with Crippen molar-refractivity contribution in [1.82, 2.24) is 10.6 Å². The largest absolute Gasteiger partial charge is 0.382 e. The lowest BCUT2D eigenvalue weighted by Crippen LogP contribution is -2.50. The smallest absolute Gasteiger partial charge is 0.250 e. The maximum atomic E-state index is 11.7. The highest BCUT2D eigenvalue weighted by Gasteiger charge is 2.25. The molecule has 4 heteroatoms. The van der Waals surface area contributed by atoms with Gasteiger partial charge in [0.2, 0.25) is 0 Å². The van der Waals surface area contributed by atoms with E-state index in [1.165, 1.54) is 0 Å². The summed E-state index contributed by atoms with van der Waals surface area (Å²) in [6.07, 6.45) is 1.68. The molecule has 0 rings (SSSR count). The monoisotopic (exact) mass is 230 g/mol. The molecule has 0 heterocycles. The average molecular weight is 230 g/mol. The van der Waals surface area contributed by atoms with E-state index in [-0.39, 0.29) is 18.0 Å². The summed E-state index contributed by atoms with van der Waals surface area (Å²) in [4.78, 5) is 11.7. The van der Waals surface area contributed by atoms with Crippen molar-refractivity contribution < 1.29 is 9.90 Å². The van der Waals surface area contributed by atoms with E-state index in [9.17, 15) is 9.90 Å². The van der Waals surface area contributed by atoms with Crippen LogP contribution in [0.3, 0.4) is 0 Å². The van der Waals surface area contributed by atoms with Crippen molar-refractivity contribution >= 4 is 5.91 Å². The first-order valence-electron chi connectivity index (χ1n) is 6.28. The van der Waals surface area contributed by atoms with E-state index in [4.69, 9.17) is 0 Å². The number of nitrogens with one attached hydrogen (secondary N) is 2. The predicted molar refractivity (Wildman–Crippen MR) is 66.3 cm³/mol. The van der Waals surface area contributed by atoms with Gasteiger partial charge >= 0.3 is 0 Å². The molecular formula is C12H26N2O2. The van der Waals surface area contributed by atoms with Crippen LogP contribution in [0.1, 0.15) is 47.0 Å².